The Kier molecular flexibility index (Phi) is 3.44. The van der Waals surface area contributed by atoms with Crippen LogP contribution in [0.1, 0.15) is 10.7 Å². The highest BCUT2D eigenvalue weighted by Crippen LogP contribution is 2.23. The first kappa shape index (κ1) is 12.8. The standard InChI is InChI=1S/C13H12N4O2S/c18-17(19)13-6-5-9(20-13)7-14-8-12-15-10-3-1-2-4-11(10)16-12/h1-6,14H,7-8H2,(H,15,16). The van der Waals surface area contributed by atoms with Crippen LogP contribution in [-0.2, 0) is 13.1 Å². The van der Waals surface area contributed by atoms with Gasteiger partial charge in [-0.3, -0.25) is 10.1 Å². The van der Waals surface area contributed by atoms with Crippen LogP contribution in [0.25, 0.3) is 11.0 Å². The van der Waals surface area contributed by atoms with Crippen molar-refractivity contribution in [3.63, 3.8) is 0 Å². The van der Waals surface area contributed by atoms with Gasteiger partial charge in [0, 0.05) is 17.5 Å². The molecule has 0 aliphatic carbocycles. The molecule has 3 rings (SSSR count). The fraction of sp³-hybridized carbons (Fsp3) is 0.154. The maximum Gasteiger partial charge on any atom is 0.324 e. The predicted octanol–water partition coefficient (Wildman–Crippen LogP) is 2.82. The van der Waals surface area contributed by atoms with E-state index in [4.69, 9.17) is 0 Å². The van der Waals surface area contributed by atoms with Crippen molar-refractivity contribution in [3.05, 3.63) is 57.2 Å². The van der Waals surface area contributed by atoms with Crippen LogP contribution in [0, 0.1) is 10.1 Å². The average Bonchev–Trinajstić information content (AvgIpc) is 3.04. The molecule has 0 saturated carbocycles. The second kappa shape index (κ2) is 5.40. The van der Waals surface area contributed by atoms with Crippen molar-refractivity contribution in [2.75, 3.05) is 0 Å². The smallest absolute Gasteiger partial charge is 0.324 e. The van der Waals surface area contributed by atoms with E-state index in [-0.39, 0.29) is 9.92 Å². The zero-order chi connectivity index (χ0) is 13.9. The summed E-state index contributed by atoms with van der Waals surface area (Å²) < 4.78 is 0. The number of aromatic nitrogens is 2. The predicted molar refractivity (Wildman–Crippen MR) is 77.6 cm³/mol. The summed E-state index contributed by atoms with van der Waals surface area (Å²) in [7, 11) is 0. The first-order chi connectivity index (χ1) is 9.72. The van der Waals surface area contributed by atoms with Crippen LogP contribution in [-0.4, -0.2) is 14.9 Å². The van der Waals surface area contributed by atoms with Gasteiger partial charge in [-0.25, -0.2) is 4.98 Å². The zero-order valence-corrected chi connectivity index (χ0v) is 11.3. The van der Waals surface area contributed by atoms with Crippen molar-refractivity contribution in [3.8, 4) is 0 Å². The van der Waals surface area contributed by atoms with Gasteiger partial charge >= 0.3 is 5.00 Å². The summed E-state index contributed by atoms with van der Waals surface area (Å²) in [5.74, 6) is 0.859. The van der Waals surface area contributed by atoms with Crippen LogP contribution in [0.15, 0.2) is 36.4 Å². The number of nitro groups is 1. The average molecular weight is 288 g/mol. The summed E-state index contributed by atoms with van der Waals surface area (Å²) in [6, 6.07) is 11.2. The molecule has 0 bridgehead atoms. The number of hydrogen-bond donors (Lipinski definition) is 2. The summed E-state index contributed by atoms with van der Waals surface area (Å²) in [5.41, 5.74) is 1.95. The van der Waals surface area contributed by atoms with E-state index in [0.29, 0.717) is 13.1 Å². The number of nitrogens with zero attached hydrogens (tertiary/aromatic N) is 2. The minimum atomic E-state index is -0.368. The molecule has 0 fully saturated rings. The summed E-state index contributed by atoms with van der Waals surface area (Å²) in [6.45, 7) is 1.19. The van der Waals surface area contributed by atoms with E-state index >= 15 is 0 Å². The molecule has 2 N–H and O–H groups in total. The van der Waals surface area contributed by atoms with Crippen molar-refractivity contribution in [2.24, 2.45) is 0 Å². The SMILES string of the molecule is O=[N+]([O-])c1ccc(CNCc2nc3ccccc3[nH]2)s1. The molecule has 20 heavy (non-hydrogen) atoms. The molecule has 102 valence electrons. The van der Waals surface area contributed by atoms with Gasteiger partial charge in [-0.15, -0.1) is 0 Å². The number of H-pyrrole nitrogens is 1. The molecular formula is C13H12N4O2S. The maximum atomic E-state index is 10.6. The molecule has 0 amide bonds. The van der Waals surface area contributed by atoms with Crippen LogP contribution in [0.3, 0.4) is 0 Å². The van der Waals surface area contributed by atoms with Gasteiger partial charge in [-0.05, 0) is 18.2 Å². The van der Waals surface area contributed by atoms with Crippen LogP contribution in [0.4, 0.5) is 5.00 Å². The number of para-hydroxylation sites is 2. The van der Waals surface area contributed by atoms with Crippen molar-refractivity contribution >= 4 is 27.4 Å². The van der Waals surface area contributed by atoms with E-state index in [9.17, 15) is 10.1 Å². The van der Waals surface area contributed by atoms with Gasteiger partial charge in [-0.2, -0.15) is 0 Å². The Balaban J connectivity index is 1.60. The van der Waals surface area contributed by atoms with Crippen LogP contribution >= 0.6 is 11.3 Å². The molecule has 0 saturated heterocycles. The Labute approximate surface area is 118 Å². The highest BCUT2D eigenvalue weighted by Gasteiger charge is 2.09. The summed E-state index contributed by atoms with van der Waals surface area (Å²) in [5, 5.41) is 14.0. The molecule has 0 atom stereocenters. The molecule has 0 spiro atoms. The van der Waals surface area contributed by atoms with Crippen molar-refractivity contribution < 1.29 is 4.92 Å². The highest BCUT2D eigenvalue weighted by molar-refractivity contribution is 7.15. The third-order valence-corrected chi connectivity index (χ3v) is 3.89. The fourth-order valence-corrected chi connectivity index (χ4v) is 2.74. The van der Waals surface area contributed by atoms with Gasteiger partial charge < -0.3 is 10.3 Å². The number of imidazole rings is 1. The molecule has 0 unspecified atom stereocenters. The number of aromatic amines is 1. The summed E-state index contributed by atoms with van der Waals surface area (Å²) in [6.07, 6.45) is 0. The topological polar surface area (TPSA) is 83.8 Å². The van der Waals surface area contributed by atoms with Crippen LogP contribution < -0.4 is 5.32 Å². The first-order valence-electron chi connectivity index (χ1n) is 6.10. The van der Waals surface area contributed by atoms with Gasteiger partial charge in [0.25, 0.3) is 0 Å². The Morgan fingerprint density at radius 3 is 2.85 bits per heavy atom. The molecule has 3 aromatic rings. The lowest BCUT2D eigenvalue weighted by Crippen LogP contribution is -2.12. The van der Waals surface area contributed by atoms with Gasteiger partial charge in [0.05, 0.1) is 22.5 Å². The quantitative estimate of drug-likeness (QED) is 0.558. The Morgan fingerprint density at radius 1 is 1.25 bits per heavy atom. The highest BCUT2D eigenvalue weighted by atomic mass is 32.1. The lowest BCUT2D eigenvalue weighted by atomic mass is 10.3. The lowest BCUT2D eigenvalue weighted by molar-refractivity contribution is -0.380. The third-order valence-electron chi connectivity index (χ3n) is 2.86. The number of rotatable bonds is 5. The van der Waals surface area contributed by atoms with E-state index in [1.165, 1.54) is 17.4 Å². The summed E-state index contributed by atoms with van der Waals surface area (Å²) in [4.78, 5) is 18.8. The monoisotopic (exact) mass is 288 g/mol. The fourth-order valence-electron chi connectivity index (χ4n) is 1.95. The molecule has 0 aliphatic rings. The van der Waals surface area contributed by atoms with E-state index in [1.54, 1.807) is 6.07 Å². The van der Waals surface area contributed by atoms with Crippen LogP contribution in [0.2, 0.25) is 0 Å². The molecule has 7 heteroatoms. The molecule has 6 nitrogen and oxygen atoms in total. The van der Waals surface area contributed by atoms with E-state index in [2.05, 4.69) is 15.3 Å². The number of benzene rings is 1. The van der Waals surface area contributed by atoms with Crippen molar-refractivity contribution in [2.45, 2.75) is 13.1 Å². The molecule has 0 radical (unpaired) electrons. The number of fused-ring (bicyclic) bond motifs is 1. The van der Waals surface area contributed by atoms with E-state index in [0.717, 1.165) is 21.7 Å². The van der Waals surface area contributed by atoms with Gasteiger partial charge in [-0.1, -0.05) is 23.5 Å². The second-order valence-corrected chi connectivity index (χ2v) is 5.45. The second-order valence-electron chi connectivity index (χ2n) is 4.30. The molecular weight excluding hydrogens is 276 g/mol. The maximum absolute atomic E-state index is 10.6. The normalized spacial score (nSPS) is 11.0. The van der Waals surface area contributed by atoms with Gasteiger partial charge in [0.15, 0.2) is 0 Å². The van der Waals surface area contributed by atoms with Crippen molar-refractivity contribution in [1.29, 1.82) is 0 Å². The third kappa shape index (κ3) is 2.68. The largest absolute Gasteiger partial charge is 0.341 e. The lowest BCUT2D eigenvalue weighted by Gasteiger charge is -1.99. The number of hydrogen-bond acceptors (Lipinski definition) is 5. The Morgan fingerprint density at radius 2 is 2.10 bits per heavy atom. The summed E-state index contributed by atoms with van der Waals surface area (Å²) >= 11 is 1.19. The van der Waals surface area contributed by atoms with Crippen LogP contribution in [0.5, 0.6) is 0 Å². The Hall–Kier alpha value is -2.25. The number of nitrogens with one attached hydrogen (secondary N) is 2. The Bertz CT molecular complexity index is 717. The van der Waals surface area contributed by atoms with E-state index in [1.807, 2.05) is 24.3 Å². The minimum Gasteiger partial charge on any atom is -0.341 e. The van der Waals surface area contributed by atoms with Crippen molar-refractivity contribution in [1.82, 2.24) is 15.3 Å². The zero-order valence-electron chi connectivity index (χ0n) is 10.5. The first-order valence-corrected chi connectivity index (χ1v) is 6.91. The number of thiophene rings is 1. The molecule has 2 aromatic heterocycles. The molecule has 1 aromatic carbocycles. The molecule has 0 aliphatic heterocycles. The molecule has 2 heterocycles. The van der Waals surface area contributed by atoms with E-state index < -0.39 is 0 Å². The van der Waals surface area contributed by atoms with Gasteiger partial charge in [0.1, 0.15) is 5.82 Å². The minimum absolute atomic E-state index is 0.172. The van der Waals surface area contributed by atoms with Gasteiger partial charge in [0.2, 0.25) is 0 Å².